The third kappa shape index (κ3) is 10.2. The number of fused-ring (bicyclic) bond motifs is 14. The Labute approximate surface area is 237 Å². The highest BCUT2D eigenvalue weighted by Crippen LogP contribution is 2.23. The molecule has 2 bridgehead atoms. The molecule has 2 aliphatic heterocycles. The Morgan fingerprint density at radius 2 is 1.82 bits per heavy atom. The maximum Gasteiger partial charge on any atom is 0.306 e. The molecule has 4 rings (SSSR count). The SMILES string of the molecule is C#CC(O)[C@@H]1CCCCOc2ccc(cc2)C[C@H](CC(=O)OCc2ccccc2)C(=O)N[C@@H](CC(C)C)C(=O)C1. The van der Waals surface area contributed by atoms with E-state index < -0.39 is 30.0 Å². The van der Waals surface area contributed by atoms with Gasteiger partial charge in [0.15, 0.2) is 5.78 Å². The standard InChI is InChI=1S/C33H41NO6/c1-4-30(35)26-12-8-9-17-39-28-15-13-24(14-16-28)19-27(21-32(37)40-22-25-10-6-5-7-11-25)33(38)34-29(18-23(2)3)31(36)20-26/h1,5-7,10-11,13-16,23,26-27,29-30,35H,8-9,12,17-22H2,2-3H3,(H,34,38)/t26-,27-,29+,30?/m1/s1. The summed E-state index contributed by atoms with van der Waals surface area (Å²) in [5.74, 6) is 1.02. The minimum atomic E-state index is -1.05. The van der Waals surface area contributed by atoms with Crippen molar-refractivity contribution >= 4 is 17.7 Å². The summed E-state index contributed by atoms with van der Waals surface area (Å²) >= 11 is 0. The van der Waals surface area contributed by atoms with Crippen LogP contribution in [0, 0.1) is 30.1 Å². The van der Waals surface area contributed by atoms with Crippen LogP contribution >= 0.6 is 0 Å². The topological polar surface area (TPSA) is 102 Å². The van der Waals surface area contributed by atoms with Gasteiger partial charge < -0.3 is 19.9 Å². The number of benzene rings is 2. The fourth-order valence-electron chi connectivity index (χ4n) is 4.90. The van der Waals surface area contributed by atoms with E-state index in [1.54, 1.807) is 0 Å². The quantitative estimate of drug-likeness (QED) is 0.387. The summed E-state index contributed by atoms with van der Waals surface area (Å²) in [7, 11) is 0. The molecule has 0 spiro atoms. The first-order chi connectivity index (χ1) is 19.2. The Hall–Kier alpha value is -3.63. The lowest BCUT2D eigenvalue weighted by Gasteiger charge is -2.26. The van der Waals surface area contributed by atoms with E-state index >= 15 is 0 Å². The lowest BCUT2D eigenvalue weighted by molar-refractivity contribution is -0.148. The van der Waals surface area contributed by atoms with Gasteiger partial charge in [-0.25, -0.2) is 0 Å². The second-order valence-electron chi connectivity index (χ2n) is 11.0. The maximum absolute atomic E-state index is 13.6. The first kappa shape index (κ1) is 30.9. The van der Waals surface area contributed by atoms with Gasteiger partial charge in [0.25, 0.3) is 0 Å². The van der Waals surface area contributed by atoms with Crippen molar-refractivity contribution in [2.75, 3.05) is 6.61 Å². The number of nitrogens with one attached hydrogen (secondary N) is 1. The molecular formula is C33H41NO6. The number of carbonyl (C=O) groups is 3. The third-order valence-electron chi connectivity index (χ3n) is 7.16. The summed E-state index contributed by atoms with van der Waals surface area (Å²) in [5, 5.41) is 13.4. The smallest absolute Gasteiger partial charge is 0.306 e. The van der Waals surface area contributed by atoms with Crippen molar-refractivity contribution in [3.8, 4) is 18.1 Å². The van der Waals surface area contributed by atoms with Gasteiger partial charge in [0.1, 0.15) is 18.5 Å². The Morgan fingerprint density at radius 1 is 1.10 bits per heavy atom. The number of hydrogen-bond donors (Lipinski definition) is 2. The fourth-order valence-corrected chi connectivity index (χ4v) is 4.90. The van der Waals surface area contributed by atoms with Crippen LogP contribution in [0.1, 0.15) is 63.5 Å². The van der Waals surface area contributed by atoms with Crippen molar-refractivity contribution in [2.24, 2.45) is 17.8 Å². The number of ether oxygens (including phenoxy) is 2. The first-order valence-corrected chi connectivity index (χ1v) is 14.1. The number of hydrogen-bond acceptors (Lipinski definition) is 6. The molecular weight excluding hydrogens is 506 g/mol. The molecule has 7 heteroatoms. The van der Waals surface area contributed by atoms with E-state index in [9.17, 15) is 19.5 Å². The molecule has 0 aromatic heterocycles. The molecule has 2 aliphatic rings. The second-order valence-corrected chi connectivity index (χ2v) is 11.0. The van der Waals surface area contributed by atoms with Gasteiger partial charge in [-0.15, -0.1) is 6.42 Å². The van der Waals surface area contributed by atoms with Crippen molar-refractivity contribution < 1.29 is 29.0 Å². The van der Waals surface area contributed by atoms with E-state index in [0.717, 1.165) is 24.0 Å². The Bertz CT molecular complexity index is 1140. The van der Waals surface area contributed by atoms with Gasteiger partial charge in [-0.1, -0.05) is 62.2 Å². The van der Waals surface area contributed by atoms with Gasteiger partial charge in [-0.3, -0.25) is 14.4 Å². The average Bonchev–Trinajstić information content (AvgIpc) is 2.94. The Morgan fingerprint density at radius 3 is 2.50 bits per heavy atom. The first-order valence-electron chi connectivity index (χ1n) is 14.1. The molecule has 0 fully saturated rings. The summed E-state index contributed by atoms with van der Waals surface area (Å²) in [5.41, 5.74) is 1.73. The summed E-state index contributed by atoms with van der Waals surface area (Å²) < 4.78 is 11.3. The summed E-state index contributed by atoms with van der Waals surface area (Å²) in [6.07, 6.45) is 7.18. The number of Topliss-reactive ketones (excluding diaryl/α,β-unsaturated/α-hetero) is 1. The lowest BCUT2D eigenvalue weighted by atomic mass is 9.87. The van der Waals surface area contributed by atoms with Gasteiger partial charge >= 0.3 is 5.97 Å². The number of rotatable bonds is 7. The lowest BCUT2D eigenvalue weighted by Crippen LogP contribution is -2.46. The highest BCUT2D eigenvalue weighted by molar-refractivity contribution is 5.91. The predicted octanol–water partition coefficient (Wildman–Crippen LogP) is 4.64. The van der Waals surface area contributed by atoms with Crippen LogP contribution in [0.4, 0.5) is 0 Å². The molecule has 1 unspecified atom stereocenters. The summed E-state index contributed by atoms with van der Waals surface area (Å²) in [6.45, 7) is 4.58. The van der Waals surface area contributed by atoms with Gasteiger partial charge in [0.05, 0.1) is 25.0 Å². The molecule has 2 aromatic rings. The number of aliphatic hydroxyl groups is 1. The molecule has 0 aliphatic carbocycles. The zero-order chi connectivity index (χ0) is 28.9. The van der Waals surface area contributed by atoms with Gasteiger partial charge in [0.2, 0.25) is 5.91 Å². The van der Waals surface area contributed by atoms with Gasteiger partial charge in [0, 0.05) is 12.3 Å². The molecule has 214 valence electrons. The van der Waals surface area contributed by atoms with Crippen LogP contribution in [0.3, 0.4) is 0 Å². The van der Waals surface area contributed by atoms with Crippen LogP contribution in [-0.2, 0) is 32.1 Å². The Balaban J connectivity index is 1.83. The normalized spacial score (nSPS) is 21.5. The molecule has 1 amide bonds. The van der Waals surface area contributed by atoms with Crippen LogP contribution in [0.2, 0.25) is 0 Å². The second kappa shape index (κ2) is 15.8. The average molecular weight is 548 g/mol. The van der Waals surface area contributed by atoms with Crippen molar-refractivity contribution in [1.82, 2.24) is 5.32 Å². The van der Waals surface area contributed by atoms with Crippen molar-refractivity contribution in [3.05, 3.63) is 65.7 Å². The number of esters is 1. The molecule has 2 aromatic carbocycles. The minimum Gasteiger partial charge on any atom is -0.494 e. The van der Waals surface area contributed by atoms with Crippen LogP contribution in [-0.4, -0.2) is 41.5 Å². The van der Waals surface area contributed by atoms with E-state index in [2.05, 4.69) is 11.2 Å². The van der Waals surface area contributed by atoms with Crippen molar-refractivity contribution in [3.63, 3.8) is 0 Å². The van der Waals surface area contributed by atoms with E-state index in [-0.39, 0.29) is 37.1 Å². The van der Waals surface area contributed by atoms with Crippen molar-refractivity contribution in [2.45, 2.75) is 77.5 Å². The number of amides is 1. The zero-order valence-electron chi connectivity index (χ0n) is 23.5. The van der Waals surface area contributed by atoms with Gasteiger partial charge in [-0.2, -0.15) is 0 Å². The van der Waals surface area contributed by atoms with Gasteiger partial charge in [-0.05, 0) is 61.3 Å². The van der Waals surface area contributed by atoms with Crippen LogP contribution < -0.4 is 10.1 Å². The molecule has 0 saturated carbocycles. The van der Waals surface area contributed by atoms with E-state index in [1.807, 2.05) is 68.4 Å². The minimum absolute atomic E-state index is 0.0610. The summed E-state index contributed by atoms with van der Waals surface area (Å²) in [6, 6.07) is 16.1. The number of terminal acetylenes is 1. The molecule has 0 saturated heterocycles. The number of aliphatic hydroxyl groups excluding tert-OH is 1. The molecule has 2 heterocycles. The largest absolute Gasteiger partial charge is 0.494 e. The number of ketones is 1. The number of carbonyl (C=O) groups excluding carboxylic acids is 3. The van der Waals surface area contributed by atoms with E-state index in [1.165, 1.54) is 0 Å². The third-order valence-corrected chi connectivity index (χ3v) is 7.16. The molecule has 4 atom stereocenters. The Kier molecular flexibility index (Phi) is 12.2. The maximum atomic E-state index is 13.6. The monoisotopic (exact) mass is 547 g/mol. The van der Waals surface area contributed by atoms with Crippen LogP contribution in [0.5, 0.6) is 5.75 Å². The van der Waals surface area contributed by atoms with Crippen LogP contribution in [0.25, 0.3) is 0 Å². The fraction of sp³-hybridized carbons (Fsp3) is 0.485. The highest BCUT2D eigenvalue weighted by Gasteiger charge is 2.31. The molecule has 2 N–H and O–H groups in total. The van der Waals surface area contributed by atoms with E-state index in [0.29, 0.717) is 31.6 Å². The molecule has 40 heavy (non-hydrogen) atoms. The predicted molar refractivity (Wildman–Crippen MR) is 153 cm³/mol. The molecule has 0 radical (unpaired) electrons. The van der Waals surface area contributed by atoms with Crippen molar-refractivity contribution in [1.29, 1.82) is 0 Å². The summed E-state index contributed by atoms with van der Waals surface area (Å²) in [4.78, 5) is 39.9. The molecule has 7 nitrogen and oxygen atoms in total. The zero-order valence-corrected chi connectivity index (χ0v) is 23.5. The van der Waals surface area contributed by atoms with Crippen LogP contribution in [0.15, 0.2) is 54.6 Å². The van der Waals surface area contributed by atoms with E-state index in [4.69, 9.17) is 15.9 Å². The highest BCUT2D eigenvalue weighted by atomic mass is 16.5.